The monoisotopic (exact) mass is 301 g/mol. The Kier molecular flexibility index (Phi) is 5.53. The highest BCUT2D eigenvalue weighted by molar-refractivity contribution is 5.76. The van der Waals surface area contributed by atoms with Crippen LogP contribution < -0.4 is 10.1 Å². The standard InChI is InChI=1S/C18H20FNO2/c1-13(15-9-10-17(22-2)16(19)12-15)20-18(21)11-8-14-6-4-3-5-7-14/h3-7,9-10,12-13H,8,11H2,1-2H3,(H,20,21)/t13-/m1/s1. The van der Waals surface area contributed by atoms with Crippen molar-refractivity contribution in [2.75, 3.05) is 7.11 Å². The van der Waals surface area contributed by atoms with Crippen LogP contribution in [0, 0.1) is 5.82 Å². The molecule has 0 bridgehead atoms. The van der Waals surface area contributed by atoms with E-state index in [1.54, 1.807) is 12.1 Å². The molecule has 0 saturated heterocycles. The van der Waals surface area contributed by atoms with E-state index in [1.807, 2.05) is 37.3 Å². The minimum atomic E-state index is -0.426. The number of halogens is 1. The van der Waals surface area contributed by atoms with Crippen LogP contribution in [0.25, 0.3) is 0 Å². The van der Waals surface area contributed by atoms with Crippen molar-refractivity contribution in [3.05, 3.63) is 65.5 Å². The Bertz CT molecular complexity index is 628. The molecule has 0 aliphatic carbocycles. The van der Waals surface area contributed by atoms with Crippen molar-refractivity contribution in [1.82, 2.24) is 5.32 Å². The van der Waals surface area contributed by atoms with Gasteiger partial charge in [-0.15, -0.1) is 0 Å². The summed E-state index contributed by atoms with van der Waals surface area (Å²) >= 11 is 0. The van der Waals surface area contributed by atoms with Gasteiger partial charge < -0.3 is 10.1 Å². The van der Waals surface area contributed by atoms with E-state index < -0.39 is 5.82 Å². The molecule has 2 rings (SSSR count). The quantitative estimate of drug-likeness (QED) is 0.884. The van der Waals surface area contributed by atoms with Gasteiger partial charge in [0.1, 0.15) is 0 Å². The van der Waals surface area contributed by atoms with Crippen LogP contribution in [0.4, 0.5) is 4.39 Å². The number of carbonyl (C=O) groups excluding carboxylic acids is 1. The Morgan fingerprint density at radius 1 is 1.23 bits per heavy atom. The van der Waals surface area contributed by atoms with Gasteiger partial charge in [0.2, 0.25) is 5.91 Å². The third-order valence-electron chi connectivity index (χ3n) is 3.54. The fraction of sp³-hybridized carbons (Fsp3) is 0.278. The minimum Gasteiger partial charge on any atom is -0.494 e. The third kappa shape index (κ3) is 4.32. The van der Waals surface area contributed by atoms with E-state index in [0.29, 0.717) is 18.4 Å². The largest absolute Gasteiger partial charge is 0.494 e. The molecular weight excluding hydrogens is 281 g/mol. The maximum Gasteiger partial charge on any atom is 0.220 e. The SMILES string of the molecule is COc1ccc([C@@H](C)NC(=O)CCc2ccccc2)cc1F. The molecule has 1 amide bonds. The lowest BCUT2D eigenvalue weighted by molar-refractivity contribution is -0.121. The lowest BCUT2D eigenvalue weighted by atomic mass is 10.1. The molecule has 1 atom stereocenters. The minimum absolute atomic E-state index is 0.0485. The molecule has 22 heavy (non-hydrogen) atoms. The number of methoxy groups -OCH3 is 1. The number of rotatable bonds is 6. The first-order valence-corrected chi connectivity index (χ1v) is 7.27. The summed E-state index contributed by atoms with van der Waals surface area (Å²) in [5.74, 6) is -0.274. The van der Waals surface area contributed by atoms with E-state index in [4.69, 9.17) is 4.74 Å². The topological polar surface area (TPSA) is 38.3 Å². The molecule has 0 saturated carbocycles. The number of amides is 1. The Hall–Kier alpha value is -2.36. The predicted molar refractivity (Wildman–Crippen MR) is 84.3 cm³/mol. The van der Waals surface area contributed by atoms with Crippen LogP contribution in [-0.2, 0) is 11.2 Å². The second-order valence-electron chi connectivity index (χ2n) is 5.17. The van der Waals surface area contributed by atoms with Gasteiger partial charge in [-0.1, -0.05) is 36.4 Å². The van der Waals surface area contributed by atoms with Crippen molar-refractivity contribution in [2.45, 2.75) is 25.8 Å². The summed E-state index contributed by atoms with van der Waals surface area (Å²) in [7, 11) is 1.42. The van der Waals surface area contributed by atoms with Gasteiger partial charge in [0, 0.05) is 6.42 Å². The van der Waals surface area contributed by atoms with Crippen molar-refractivity contribution >= 4 is 5.91 Å². The zero-order valence-corrected chi connectivity index (χ0v) is 12.8. The maximum atomic E-state index is 13.7. The number of carbonyl (C=O) groups is 1. The normalized spacial score (nSPS) is 11.8. The average Bonchev–Trinajstić information content (AvgIpc) is 2.53. The lowest BCUT2D eigenvalue weighted by Gasteiger charge is -2.15. The van der Waals surface area contributed by atoms with Crippen molar-refractivity contribution in [1.29, 1.82) is 0 Å². The highest BCUT2D eigenvalue weighted by Crippen LogP contribution is 2.21. The fourth-order valence-corrected chi connectivity index (χ4v) is 2.25. The number of ether oxygens (including phenoxy) is 1. The molecule has 4 heteroatoms. The van der Waals surface area contributed by atoms with Crippen LogP contribution in [-0.4, -0.2) is 13.0 Å². The second-order valence-corrected chi connectivity index (χ2v) is 5.17. The van der Waals surface area contributed by atoms with Crippen LogP contribution in [0.2, 0.25) is 0 Å². The molecule has 0 spiro atoms. The van der Waals surface area contributed by atoms with Gasteiger partial charge in [-0.05, 0) is 36.6 Å². The first-order chi connectivity index (χ1) is 10.6. The first-order valence-electron chi connectivity index (χ1n) is 7.27. The van der Waals surface area contributed by atoms with Crippen molar-refractivity contribution in [3.8, 4) is 5.75 Å². The molecule has 3 nitrogen and oxygen atoms in total. The Morgan fingerprint density at radius 3 is 2.59 bits per heavy atom. The van der Waals surface area contributed by atoms with Gasteiger partial charge in [-0.2, -0.15) is 0 Å². The van der Waals surface area contributed by atoms with Crippen LogP contribution in [0.5, 0.6) is 5.75 Å². The number of nitrogens with one attached hydrogen (secondary N) is 1. The van der Waals surface area contributed by atoms with Crippen LogP contribution in [0.3, 0.4) is 0 Å². The van der Waals surface area contributed by atoms with Crippen molar-refractivity contribution in [2.24, 2.45) is 0 Å². The van der Waals surface area contributed by atoms with Crippen LogP contribution >= 0.6 is 0 Å². The van der Waals surface area contributed by atoms with E-state index >= 15 is 0 Å². The molecule has 0 unspecified atom stereocenters. The van der Waals surface area contributed by atoms with Gasteiger partial charge in [-0.25, -0.2) is 4.39 Å². The smallest absolute Gasteiger partial charge is 0.220 e. The summed E-state index contributed by atoms with van der Waals surface area (Å²) in [5.41, 5.74) is 1.84. The van der Waals surface area contributed by atoms with Gasteiger partial charge in [0.05, 0.1) is 13.2 Å². The second kappa shape index (κ2) is 7.59. The summed E-state index contributed by atoms with van der Waals surface area (Å²) in [6.07, 6.45) is 1.10. The molecule has 0 aliphatic heterocycles. The summed E-state index contributed by atoms with van der Waals surface area (Å²) < 4.78 is 18.6. The first kappa shape index (κ1) is 16.0. The molecule has 0 heterocycles. The number of benzene rings is 2. The lowest BCUT2D eigenvalue weighted by Crippen LogP contribution is -2.26. The molecule has 0 radical (unpaired) electrons. The average molecular weight is 301 g/mol. The highest BCUT2D eigenvalue weighted by atomic mass is 19.1. The fourth-order valence-electron chi connectivity index (χ4n) is 2.25. The molecule has 2 aromatic rings. The predicted octanol–water partition coefficient (Wildman–Crippen LogP) is 3.64. The Balaban J connectivity index is 1.89. The Labute approximate surface area is 130 Å². The van der Waals surface area contributed by atoms with E-state index in [-0.39, 0.29) is 17.7 Å². The highest BCUT2D eigenvalue weighted by Gasteiger charge is 2.12. The van der Waals surface area contributed by atoms with Crippen LogP contribution in [0.15, 0.2) is 48.5 Å². The molecule has 1 N–H and O–H groups in total. The summed E-state index contributed by atoms with van der Waals surface area (Å²) in [4.78, 5) is 12.0. The molecule has 116 valence electrons. The third-order valence-corrected chi connectivity index (χ3v) is 3.54. The molecule has 0 fully saturated rings. The van der Waals surface area contributed by atoms with Gasteiger partial charge in [0.25, 0.3) is 0 Å². The molecule has 0 aliphatic rings. The van der Waals surface area contributed by atoms with Crippen LogP contribution in [0.1, 0.15) is 30.5 Å². The van der Waals surface area contributed by atoms with Gasteiger partial charge in [0.15, 0.2) is 11.6 Å². The molecular formula is C18H20FNO2. The van der Waals surface area contributed by atoms with Crippen molar-refractivity contribution in [3.63, 3.8) is 0 Å². The van der Waals surface area contributed by atoms with Crippen molar-refractivity contribution < 1.29 is 13.9 Å². The van der Waals surface area contributed by atoms with E-state index in [9.17, 15) is 9.18 Å². The Morgan fingerprint density at radius 2 is 1.95 bits per heavy atom. The summed E-state index contributed by atoms with van der Waals surface area (Å²) in [6.45, 7) is 1.83. The number of aryl methyl sites for hydroxylation is 1. The van der Waals surface area contributed by atoms with E-state index in [2.05, 4.69) is 5.32 Å². The van der Waals surface area contributed by atoms with Gasteiger partial charge >= 0.3 is 0 Å². The van der Waals surface area contributed by atoms with E-state index in [1.165, 1.54) is 13.2 Å². The number of hydrogen-bond donors (Lipinski definition) is 1. The maximum absolute atomic E-state index is 13.7. The molecule has 2 aromatic carbocycles. The van der Waals surface area contributed by atoms with E-state index in [0.717, 1.165) is 5.56 Å². The zero-order valence-electron chi connectivity index (χ0n) is 12.8. The van der Waals surface area contributed by atoms with Gasteiger partial charge in [-0.3, -0.25) is 4.79 Å². The zero-order chi connectivity index (χ0) is 15.9. The number of hydrogen-bond acceptors (Lipinski definition) is 2. The summed E-state index contributed by atoms with van der Waals surface area (Å²) in [6, 6.07) is 14.3. The summed E-state index contributed by atoms with van der Waals surface area (Å²) in [5, 5.41) is 2.88. The molecule has 0 aromatic heterocycles.